The molecule has 56 valence electrons. The summed E-state index contributed by atoms with van der Waals surface area (Å²) in [5.41, 5.74) is -0.114. The summed E-state index contributed by atoms with van der Waals surface area (Å²) in [5.74, 6) is -0.780. The minimum atomic E-state index is -0.780. The lowest BCUT2D eigenvalue weighted by molar-refractivity contribution is 0.617. The Morgan fingerprint density at radius 3 is 2.91 bits per heavy atom. The zero-order valence-electron chi connectivity index (χ0n) is 5.11. The molecule has 0 aliphatic carbocycles. The van der Waals surface area contributed by atoms with Gasteiger partial charge in [-0.2, -0.15) is 5.26 Å². The maximum Gasteiger partial charge on any atom is 0.178 e. The summed E-state index contributed by atoms with van der Waals surface area (Å²) in [4.78, 5) is 3.54. The molecule has 0 spiro atoms. The molecule has 0 aromatic carbocycles. The molecule has 0 N–H and O–H groups in total. The van der Waals surface area contributed by atoms with Gasteiger partial charge >= 0.3 is 0 Å². The Labute approximate surface area is 75.7 Å². The van der Waals surface area contributed by atoms with E-state index in [9.17, 15) is 4.39 Å². The van der Waals surface area contributed by atoms with Crippen molar-refractivity contribution in [1.82, 2.24) is 4.98 Å². The number of pyridine rings is 1. The Kier molecular flexibility index (Phi) is 2.42. The predicted molar refractivity (Wildman–Crippen MR) is 41.6 cm³/mol. The maximum atomic E-state index is 12.7. The zero-order chi connectivity index (χ0) is 8.43. The Morgan fingerprint density at radius 1 is 1.73 bits per heavy atom. The summed E-state index contributed by atoms with van der Waals surface area (Å²) in [6.45, 7) is 0. The summed E-state index contributed by atoms with van der Waals surface area (Å²) in [6, 6.07) is 2.91. The quantitative estimate of drug-likeness (QED) is 0.648. The van der Waals surface area contributed by atoms with Crippen molar-refractivity contribution in [3.63, 3.8) is 0 Å². The van der Waals surface area contributed by atoms with Gasteiger partial charge < -0.3 is 0 Å². The third-order valence-corrected chi connectivity index (χ3v) is 1.66. The second kappa shape index (κ2) is 3.16. The van der Waals surface area contributed by atoms with Crippen LogP contribution < -0.4 is 0 Å². The van der Waals surface area contributed by atoms with Gasteiger partial charge in [0.05, 0.1) is 5.56 Å². The van der Waals surface area contributed by atoms with E-state index < -0.39 is 5.82 Å². The van der Waals surface area contributed by atoms with Gasteiger partial charge in [0, 0.05) is 0 Å². The molecule has 0 unspecified atom stereocenters. The third-order valence-electron chi connectivity index (χ3n) is 1.01. The van der Waals surface area contributed by atoms with Crippen LogP contribution in [0.1, 0.15) is 5.56 Å². The molecule has 0 radical (unpaired) electrons. The van der Waals surface area contributed by atoms with E-state index in [1.807, 2.05) is 0 Å². The highest BCUT2D eigenvalue weighted by Crippen LogP contribution is 2.19. The molecule has 0 amide bonds. The molecular weight excluding hydrogens is 234 g/mol. The lowest BCUT2D eigenvalue weighted by Crippen LogP contribution is -1.89. The van der Waals surface area contributed by atoms with Crippen molar-refractivity contribution in [2.45, 2.75) is 0 Å². The normalized spacial score (nSPS) is 9.27. The van der Waals surface area contributed by atoms with Gasteiger partial charge in [0.25, 0.3) is 0 Å². The Balaban J connectivity index is 3.39. The highest BCUT2D eigenvalue weighted by Gasteiger charge is 2.08. The van der Waals surface area contributed by atoms with Gasteiger partial charge in [0.2, 0.25) is 0 Å². The van der Waals surface area contributed by atoms with Gasteiger partial charge in [-0.05, 0) is 22.0 Å². The van der Waals surface area contributed by atoms with E-state index in [-0.39, 0.29) is 10.7 Å². The van der Waals surface area contributed by atoms with E-state index in [0.29, 0.717) is 4.60 Å². The Bertz CT molecular complexity index is 334. The monoisotopic (exact) mass is 234 g/mol. The second-order valence-corrected chi connectivity index (χ2v) is 2.88. The number of aromatic nitrogens is 1. The SMILES string of the molecule is N#Cc1cc(Br)nc(Cl)c1F. The van der Waals surface area contributed by atoms with E-state index in [0.717, 1.165) is 0 Å². The molecule has 1 aromatic heterocycles. The van der Waals surface area contributed by atoms with Gasteiger partial charge in [-0.25, -0.2) is 9.37 Å². The first kappa shape index (κ1) is 8.44. The van der Waals surface area contributed by atoms with Crippen LogP contribution in [0.25, 0.3) is 0 Å². The average Bonchev–Trinajstić information content (AvgIpc) is 1.96. The number of nitriles is 1. The molecular formula is C6HBrClFN2. The zero-order valence-corrected chi connectivity index (χ0v) is 7.45. The van der Waals surface area contributed by atoms with Crippen LogP contribution in [0.15, 0.2) is 10.7 Å². The van der Waals surface area contributed by atoms with Crippen LogP contribution in [0.2, 0.25) is 5.15 Å². The number of halogens is 3. The summed E-state index contributed by atoms with van der Waals surface area (Å²) in [7, 11) is 0. The average molecular weight is 235 g/mol. The fraction of sp³-hybridized carbons (Fsp3) is 0. The van der Waals surface area contributed by atoms with Crippen molar-refractivity contribution in [2.24, 2.45) is 0 Å². The van der Waals surface area contributed by atoms with Gasteiger partial charge in [-0.3, -0.25) is 0 Å². The Morgan fingerprint density at radius 2 is 2.36 bits per heavy atom. The lowest BCUT2D eigenvalue weighted by Gasteiger charge is -1.95. The minimum Gasteiger partial charge on any atom is -0.226 e. The van der Waals surface area contributed by atoms with Gasteiger partial charge in [-0.15, -0.1) is 0 Å². The highest BCUT2D eigenvalue weighted by molar-refractivity contribution is 9.10. The minimum absolute atomic E-state index is 0.114. The fourth-order valence-corrected chi connectivity index (χ4v) is 1.25. The topological polar surface area (TPSA) is 36.7 Å². The van der Waals surface area contributed by atoms with Gasteiger partial charge in [0.15, 0.2) is 11.0 Å². The van der Waals surface area contributed by atoms with E-state index in [4.69, 9.17) is 16.9 Å². The van der Waals surface area contributed by atoms with Crippen molar-refractivity contribution in [3.8, 4) is 6.07 Å². The van der Waals surface area contributed by atoms with Crippen LogP contribution in [0.5, 0.6) is 0 Å². The van der Waals surface area contributed by atoms with Gasteiger partial charge in [-0.1, -0.05) is 11.6 Å². The molecule has 0 fully saturated rings. The number of hydrogen-bond donors (Lipinski definition) is 0. The molecule has 1 aromatic rings. The summed E-state index contributed by atoms with van der Waals surface area (Å²) < 4.78 is 13.1. The molecule has 11 heavy (non-hydrogen) atoms. The number of nitrogens with zero attached hydrogens (tertiary/aromatic N) is 2. The van der Waals surface area contributed by atoms with Crippen molar-refractivity contribution in [2.75, 3.05) is 0 Å². The van der Waals surface area contributed by atoms with Crippen molar-refractivity contribution < 1.29 is 4.39 Å². The van der Waals surface area contributed by atoms with E-state index >= 15 is 0 Å². The fourth-order valence-electron chi connectivity index (χ4n) is 0.550. The first-order chi connectivity index (χ1) is 5.15. The Hall–Kier alpha value is -0.660. The third kappa shape index (κ3) is 1.67. The van der Waals surface area contributed by atoms with Gasteiger partial charge in [0.1, 0.15) is 10.7 Å². The molecule has 5 heteroatoms. The van der Waals surface area contributed by atoms with Crippen molar-refractivity contribution >= 4 is 27.5 Å². The summed E-state index contributed by atoms with van der Waals surface area (Å²) >= 11 is 8.31. The van der Waals surface area contributed by atoms with E-state index in [1.54, 1.807) is 6.07 Å². The molecule has 0 saturated heterocycles. The molecule has 0 aliphatic rings. The molecule has 1 heterocycles. The molecule has 0 atom stereocenters. The van der Waals surface area contributed by atoms with Crippen LogP contribution in [-0.2, 0) is 0 Å². The first-order valence-corrected chi connectivity index (χ1v) is 3.74. The predicted octanol–water partition coefficient (Wildman–Crippen LogP) is 2.51. The smallest absolute Gasteiger partial charge is 0.178 e. The van der Waals surface area contributed by atoms with E-state index in [2.05, 4.69) is 20.9 Å². The van der Waals surface area contributed by atoms with Crippen molar-refractivity contribution in [1.29, 1.82) is 5.26 Å². The molecule has 0 bridgehead atoms. The molecule has 0 aliphatic heterocycles. The van der Waals surface area contributed by atoms with Crippen LogP contribution in [0.3, 0.4) is 0 Å². The summed E-state index contributed by atoms with van der Waals surface area (Å²) in [6.07, 6.45) is 0. The summed E-state index contributed by atoms with van der Waals surface area (Å²) in [5, 5.41) is 8.07. The van der Waals surface area contributed by atoms with Crippen LogP contribution in [-0.4, -0.2) is 4.98 Å². The van der Waals surface area contributed by atoms with E-state index in [1.165, 1.54) is 6.07 Å². The maximum absolute atomic E-state index is 12.7. The molecule has 1 rings (SSSR count). The second-order valence-electron chi connectivity index (χ2n) is 1.71. The standard InChI is InChI=1S/C6HBrClFN2/c7-4-1-3(2-10)5(9)6(8)11-4/h1H. The largest absolute Gasteiger partial charge is 0.226 e. The van der Waals surface area contributed by atoms with Crippen LogP contribution in [0, 0.1) is 17.1 Å². The molecule has 0 saturated carbocycles. The number of rotatable bonds is 0. The number of hydrogen-bond acceptors (Lipinski definition) is 2. The van der Waals surface area contributed by atoms with Crippen LogP contribution in [0.4, 0.5) is 4.39 Å². The highest BCUT2D eigenvalue weighted by atomic mass is 79.9. The first-order valence-electron chi connectivity index (χ1n) is 2.57. The van der Waals surface area contributed by atoms with Crippen molar-refractivity contribution in [3.05, 3.63) is 27.2 Å². The van der Waals surface area contributed by atoms with Crippen LogP contribution >= 0.6 is 27.5 Å². The lowest BCUT2D eigenvalue weighted by atomic mass is 10.3. The molecule has 2 nitrogen and oxygen atoms in total.